The monoisotopic (exact) mass is 257 g/mol. The molecule has 0 saturated heterocycles. The topological polar surface area (TPSA) is 21.3 Å². The Morgan fingerprint density at radius 1 is 1.06 bits per heavy atom. The number of rotatable bonds is 1. The van der Waals surface area contributed by atoms with E-state index in [0.717, 1.165) is 28.3 Å². The highest BCUT2D eigenvalue weighted by Gasteiger charge is 2.14. The zero-order valence-electron chi connectivity index (χ0n) is 9.91. The molecule has 1 aliphatic heterocycles. The van der Waals surface area contributed by atoms with Gasteiger partial charge in [-0.2, -0.15) is 0 Å². The molecule has 0 amide bonds. The molecule has 2 aromatic rings. The lowest BCUT2D eigenvalue weighted by molar-refractivity contribution is 0.373. The molecule has 0 atom stereocenters. The number of anilines is 2. The normalized spacial score (nSPS) is 12.7. The molecule has 1 heterocycles. The second kappa shape index (κ2) is 4.39. The molecule has 0 fully saturated rings. The molecule has 3 rings (SSSR count). The van der Waals surface area contributed by atoms with Crippen molar-refractivity contribution < 1.29 is 4.74 Å². The first-order valence-corrected chi connectivity index (χ1v) is 6.07. The molecule has 0 spiro atoms. The summed E-state index contributed by atoms with van der Waals surface area (Å²) in [4.78, 5) is 0. The molecule has 2 aromatic carbocycles. The van der Waals surface area contributed by atoms with E-state index in [1.807, 2.05) is 48.5 Å². The maximum Gasteiger partial charge on any atom is 0.128 e. The van der Waals surface area contributed by atoms with Gasteiger partial charge in [0, 0.05) is 27.5 Å². The molecular weight excluding hydrogens is 246 g/mol. The summed E-state index contributed by atoms with van der Waals surface area (Å²) in [5.41, 5.74) is 4.12. The van der Waals surface area contributed by atoms with E-state index in [4.69, 9.17) is 16.3 Å². The van der Waals surface area contributed by atoms with E-state index < -0.39 is 0 Å². The van der Waals surface area contributed by atoms with Crippen LogP contribution in [0.1, 0.15) is 11.1 Å². The molecule has 0 aromatic heterocycles. The summed E-state index contributed by atoms with van der Waals surface area (Å²) in [6.45, 7) is 0. The van der Waals surface area contributed by atoms with Crippen LogP contribution in [0.15, 0.2) is 42.5 Å². The van der Waals surface area contributed by atoms with Crippen molar-refractivity contribution in [3.8, 4) is 0 Å². The van der Waals surface area contributed by atoms with Gasteiger partial charge in [0.25, 0.3) is 0 Å². The summed E-state index contributed by atoms with van der Waals surface area (Å²) in [7, 11) is 1.68. The van der Waals surface area contributed by atoms with Crippen LogP contribution in [0.25, 0.3) is 11.8 Å². The highest BCUT2D eigenvalue weighted by Crippen LogP contribution is 2.35. The quantitative estimate of drug-likeness (QED) is 0.810. The van der Waals surface area contributed by atoms with Crippen LogP contribution in [-0.2, 0) is 4.74 Å². The third-order valence-corrected chi connectivity index (χ3v) is 3.22. The van der Waals surface area contributed by atoms with Crippen LogP contribution in [-0.4, -0.2) is 7.11 Å². The van der Waals surface area contributed by atoms with Gasteiger partial charge >= 0.3 is 0 Å². The Balaban J connectivity index is 2.24. The lowest BCUT2D eigenvalue weighted by Gasteiger charge is -2.10. The molecule has 1 aliphatic rings. The lowest BCUT2D eigenvalue weighted by atomic mass is 10.1. The lowest BCUT2D eigenvalue weighted by Crippen LogP contribution is -1.94. The van der Waals surface area contributed by atoms with Crippen LogP contribution in [0, 0.1) is 0 Å². The van der Waals surface area contributed by atoms with Gasteiger partial charge in [0.15, 0.2) is 0 Å². The van der Waals surface area contributed by atoms with Crippen molar-refractivity contribution in [2.75, 3.05) is 12.4 Å². The maximum absolute atomic E-state index is 6.04. The van der Waals surface area contributed by atoms with Crippen LogP contribution in [0.3, 0.4) is 0 Å². The largest absolute Gasteiger partial charge is 0.496 e. The zero-order chi connectivity index (χ0) is 12.5. The second-order valence-corrected chi connectivity index (χ2v) is 4.55. The minimum Gasteiger partial charge on any atom is -0.496 e. The number of hydrogen-bond acceptors (Lipinski definition) is 2. The smallest absolute Gasteiger partial charge is 0.128 e. The van der Waals surface area contributed by atoms with Crippen LogP contribution in [0.4, 0.5) is 11.4 Å². The van der Waals surface area contributed by atoms with Crippen molar-refractivity contribution in [3.63, 3.8) is 0 Å². The van der Waals surface area contributed by atoms with Crippen LogP contribution in [0.5, 0.6) is 0 Å². The summed E-state index contributed by atoms with van der Waals surface area (Å²) in [5.74, 6) is 0.846. The minimum absolute atomic E-state index is 0.716. The number of hydrogen-bond donors (Lipinski definition) is 1. The van der Waals surface area contributed by atoms with E-state index in [0.29, 0.717) is 5.02 Å². The SMILES string of the molecule is COC1=Cc2ccc(Cl)cc2Nc2ccccc21. The van der Waals surface area contributed by atoms with Crippen molar-refractivity contribution in [1.29, 1.82) is 0 Å². The number of nitrogens with one attached hydrogen (secondary N) is 1. The van der Waals surface area contributed by atoms with Gasteiger partial charge in [-0.3, -0.25) is 0 Å². The number of ether oxygens (including phenoxy) is 1. The molecule has 2 nitrogen and oxygen atoms in total. The Morgan fingerprint density at radius 3 is 2.72 bits per heavy atom. The Labute approximate surface area is 111 Å². The van der Waals surface area contributed by atoms with Gasteiger partial charge in [0.2, 0.25) is 0 Å². The predicted octanol–water partition coefficient (Wildman–Crippen LogP) is 4.54. The van der Waals surface area contributed by atoms with Gasteiger partial charge in [-0.05, 0) is 30.3 Å². The van der Waals surface area contributed by atoms with Crippen molar-refractivity contribution in [3.05, 3.63) is 58.6 Å². The average molecular weight is 258 g/mol. The van der Waals surface area contributed by atoms with Crippen LogP contribution < -0.4 is 5.32 Å². The van der Waals surface area contributed by atoms with Crippen molar-refractivity contribution in [2.45, 2.75) is 0 Å². The number of halogens is 1. The molecule has 0 radical (unpaired) electrons. The van der Waals surface area contributed by atoms with Gasteiger partial charge in [-0.15, -0.1) is 0 Å². The molecule has 0 unspecified atom stereocenters. The fraction of sp³-hybridized carbons (Fsp3) is 0.0667. The van der Waals surface area contributed by atoms with Crippen LogP contribution >= 0.6 is 11.6 Å². The highest BCUT2D eigenvalue weighted by atomic mass is 35.5. The molecular formula is C15H12ClNO. The average Bonchev–Trinajstić information content (AvgIpc) is 2.54. The van der Waals surface area contributed by atoms with Crippen molar-refractivity contribution in [2.24, 2.45) is 0 Å². The summed E-state index contributed by atoms with van der Waals surface area (Å²) < 4.78 is 5.47. The van der Waals surface area contributed by atoms with Crippen LogP contribution in [0.2, 0.25) is 5.02 Å². The first kappa shape index (κ1) is 11.2. The molecule has 0 aliphatic carbocycles. The molecule has 1 N–H and O–H groups in total. The fourth-order valence-corrected chi connectivity index (χ4v) is 2.27. The van der Waals surface area contributed by atoms with E-state index in [1.54, 1.807) is 7.11 Å². The number of fused-ring (bicyclic) bond motifs is 2. The molecule has 0 bridgehead atoms. The van der Waals surface area contributed by atoms with E-state index in [-0.39, 0.29) is 0 Å². The predicted molar refractivity (Wildman–Crippen MR) is 76.1 cm³/mol. The first-order chi connectivity index (χ1) is 8.78. The number of para-hydroxylation sites is 1. The maximum atomic E-state index is 6.04. The van der Waals surface area contributed by atoms with Crippen molar-refractivity contribution in [1.82, 2.24) is 0 Å². The van der Waals surface area contributed by atoms with Gasteiger partial charge in [-0.1, -0.05) is 29.8 Å². The third-order valence-electron chi connectivity index (χ3n) is 2.98. The number of benzene rings is 2. The summed E-state index contributed by atoms with van der Waals surface area (Å²) in [5, 5.41) is 4.11. The van der Waals surface area contributed by atoms with E-state index in [9.17, 15) is 0 Å². The molecule has 3 heteroatoms. The summed E-state index contributed by atoms with van der Waals surface area (Å²) in [6.07, 6.45) is 2.02. The Hall–Kier alpha value is -1.93. The Kier molecular flexibility index (Phi) is 2.73. The highest BCUT2D eigenvalue weighted by molar-refractivity contribution is 6.31. The standard InChI is InChI=1S/C15H12ClNO/c1-18-15-8-10-6-7-11(16)9-14(10)17-13-5-3-2-4-12(13)15/h2-9,17H,1H3. The van der Waals surface area contributed by atoms with Gasteiger partial charge in [0.1, 0.15) is 5.76 Å². The van der Waals surface area contributed by atoms with Crippen molar-refractivity contribution >= 4 is 34.8 Å². The van der Waals surface area contributed by atoms with Gasteiger partial charge in [0.05, 0.1) is 7.11 Å². The van der Waals surface area contributed by atoms with E-state index in [2.05, 4.69) is 5.32 Å². The van der Waals surface area contributed by atoms with E-state index >= 15 is 0 Å². The molecule has 0 saturated carbocycles. The van der Waals surface area contributed by atoms with Gasteiger partial charge in [-0.25, -0.2) is 0 Å². The molecule has 90 valence electrons. The first-order valence-electron chi connectivity index (χ1n) is 5.69. The number of methoxy groups -OCH3 is 1. The summed E-state index contributed by atoms with van der Waals surface area (Å²) in [6, 6.07) is 13.8. The molecule has 18 heavy (non-hydrogen) atoms. The fourth-order valence-electron chi connectivity index (χ4n) is 2.10. The van der Waals surface area contributed by atoms with E-state index in [1.165, 1.54) is 0 Å². The zero-order valence-corrected chi connectivity index (χ0v) is 10.7. The minimum atomic E-state index is 0.716. The third kappa shape index (κ3) is 1.85. The summed E-state index contributed by atoms with van der Waals surface area (Å²) >= 11 is 6.04. The van der Waals surface area contributed by atoms with Gasteiger partial charge < -0.3 is 10.1 Å². The second-order valence-electron chi connectivity index (χ2n) is 4.11. The Morgan fingerprint density at radius 2 is 1.89 bits per heavy atom. The Bertz CT molecular complexity index is 634.